The molecule has 0 saturated carbocycles. The number of methoxy groups -OCH3 is 1. The molecule has 1 fully saturated rings. The van der Waals surface area contributed by atoms with Crippen molar-refractivity contribution >= 4 is 11.8 Å². The van der Waals surface area contributed by atoms with Crippen LogP contribution in [0.4, 0.5) is 0 Å². The predicted molar refractivity (Wildman–Crippen MR) is 92.0 cm³/mol. The third-order valence-electron chi connectivity index (χ3n) is 4.33. The van der Waals surface area contributed by atoms with Crippen LogP contribution in [0.25, 0.3) is 0 Å². The van der Waals surface area contributed by atoms with Gasteiger partial charge < -0.3 is 19.1 Å². The van der Waals surface area contributed by atoms with Crippen molar-refractivity contribution in [2.45, 2.75) is 25.9 Å². The van der Waals surface area contributed by atoms with Gasteiger partial charge in [-0.1, -0.05) is 35.5 Å². The summed E-state index contributed by atoms with van der Waals surface area (Å²) >= 11 is 0. The number of carbonyl (C=O) groups excluding carboxylic acids is 2. The van der Waals surface area contributed by atoms with Crippen molar-refractivity contribution in [1.29, 1.82) is 0 Å². The number of piperazine rings is 1. The molecule has 8 nitrogen and oxygen atoms in total. The highest BCUT2D eigenvalue weighted by atomic mass is 16.5. The van der Waals surface area contributed by atoms with Crippen molar-refractivity contribution in [2.75, 3.05) is 26.8 Å². The molecule has 2 amide bonds. The second-order valence-electron chi connectivity index (χ2n) is 6.22. The monoisotopic (exact) mass is 358 g/mol. The van der Waals surface area contributed by atoms with Crippen molar-refractivity contribution in [3.05, 3.63) is 47.6 Å². The molecule has 1 aromatic heterocycles. The van der Waals surface area contributed by atoms with Crippen LogP contribution in [0, 0.1) is 6.92 Å². The maximum Gasteiger partial charge on any atom is 0.246 e. The number of rotatable bonds is 7. The minimum atomic E-state index is -0.609. The van der Waals surface area contributed by atoms with E-state index in [-0.39, 0.29) is 24.9 Å². The summed E-state index contributed by atoms with van der Waals surface area (Å²) in [4.78, 5) is 33.0. The second-order valence-corrected chi connectivity index (χ2v) is 6.22. The van der Waals surface area contributed by atoms with Crippen LogP contribution >= 0.6 is 0 Å². The average molecular weight is 358 g/mol. The van der Waals surface area contributed by atoms with E-state index >= 15 is 0 Å². The van der Waals surface area contributed by atoms with Crippen LogP contribution in [-0.2, 0) is 27.3 Å². The fraction of sp³-hybridized carbons (Fsp3) is 0.444. The van der Waals surface area contributed by atoms with E-state index in [1.807, 2.05) is 30.3 Å². The average Bonchev–Trinajstić information content (AvgIpc) is 3.05. The molecule has 1 aromatic carbocycles. The highest BCUT2D eigenvalue weighted by Gasteiger charge is 2.39. The van der Waals surface area contributed by atoms with Crippen LogP contribution < -0.4 is 0 Å². The van der Waals surface area contributed by atoms with E-state index < -0.39 is 6.04 Å². The number of hydrogen-bond donors (Lipinski definition) is 0. The lowest BCUT2D eigenvalue weighted by molar-refractivity contribution is -0.157. The number of hydrogen-bond acceptors (Lipinski definition) is 6. The number of aromatic nitrogens is 2. The number of ether oxygens (including phenoxy) is 1. The summed E-state index contributed by atoms with van der Waals surface area (Å²) in [6.07, 6.45) is 0.433. The van der Waals surface area contributed by atoms with Gasteiger partial charge in [-0.2, -0.15) is 4.98 Å². The summed E-state index contributed by atoms with van der Waals surface area (Å²) in [5, 5.41) is 3.75. The molecule has 0 unspecified atom stereocenters. The fourth-order valence-corrected chi connectivity index (χ4v) is 3.02. The van der Waals surface area contributed by atoms with Gasteiger partial charge in [-0.25, -0.2) is 0 Å². The van der Waals surface area contributed by atoms with Gasteiger partial charge in [0.05, 0.1) is 13.2 Å². The minimum absolute atomic E-state index is 0.0284. The molecule has 2 heterocycles. The maximum atomic E-state index is 13.0. The molecule has 3 rings (SSSR count). The third kappa shape index (κ3) is 4.08. The maximum absolute atomic E-state index is 13.0. The Morgan fingerprint density at radius 1 is 1.27 bits per heavy atom. The van der Waals surface area contributed by atoms with E-state index in [2.05, 4.69) is 10.1 Å². The van der Waals surface area contributed by atoms with Crippen LogP contribution in [0.5, 0.6) is 0 Å². The highest BCUT2D eigenvalue weighted by Crippen LogP contribution is 2.20. The van der Waals surface area contributed by atoms with Crippen molar-refractivity contribution in [3.63, 3.8) is 0 Å². The molecule has 0 radical (unpaired) electrons. The Kier molecular flexibility index (Phi) is 5.62. The zero-order valence-corrected chi connectivity index (χ0v) is 14.9. The van der Waals surface area contributed by atoms with Crippen molar-refractivity contribution < 1.29 is 18.8 Å². The predicted octanol–water partition coefficient (Wildman–Crippen LogP) is 0.807. The number of carbonyl (C=O) groups is 2. The fourth-order valence-electron chi connectivity index (χ4n) is 3.02. The largest absolute Gasteiger partial charge is 0.383 e. The van der Waals surface area contributed by atoms with Crippen LogP contribution in [-0.4, -0.2) is 64.6 Å². The Hall–Kier alpha value is -2.74. The molecule has 138 valence electrons. The van der Waals surface area contributed by atoms with Gasteiger partial charge in [-0.05, 0) is 12.5 Å². The smallest absolute Gasteiger partial charge is 0.246 e. The van der Waals surface area contributed by atoms with Gasteiger partial charge in [0.1, 0.15) is 12.6 Å². The van der Waals surface area contributed by atoms with E-state index in [0.29, 0.717) is 31.3 Å². The molecular formula is C18H22N4O4. The molecule has 1 saturated heterocycles. The Morgan fingerprint density at radius 2 is 2.04 bits per heavy atom. The molecule has 0 N–H and O–H groups in total. The Bertz CT molecular complexity index is 762. The minimum Gasteiger partial charge on any atom is -0.383 e. The molecule has 0 aliphatic carbocycles. The Morgan fingerprint density at radius 3 is 2.69 bits per heavy atom. The normalized spacial score (nSPS) is 17.8. The molecule has 0 bridgehead atoms. The Labute approximate surface area is 151 Å². The van der Waals surface area contributed by atoms with Crippen LogP contribution in [0.1, 0.15) is 17.3 Å². The summed E-state index contributed by atoms with van der Waals surface area (Å²) in [5.41, 5.74) is 0.985. The van der Waals surface area contributed by atoms with Gasteiger partial charge in [0, 0.05) is 20.1 Å². The van der Waals surface area contributed by atoms with Crippen LogP contribution in [0.2, 0.25) is 0 Å². The summed E-state index contributed by atoms with van der Waals surface area (Å²) in [6, 6.07) is 9.03. The molecule has 8 heteroatoms. The molecule has 1 aliphatic heterocycles. The summed E-state index contributed by atoms with van der Waals surface area (Å²) in [6.45, 7) is 2.64. The first-order valence-electron chi connectivity index (χ1n) is 8.49. The Balaban J connectivity index is 1.84. The van der Waals surface area contributed by atoms with Crippen molar-refractivity contribution in [3.8, 4) is 0 Å². The first-order chi connectivity index (χ1) is 12.6. The lowest BCUT2D eigenvalue weighted by atomic mass is 10.0. The van der Waals surface area contributed by atoms with Gasteiger partial charge in [0.15, 0.2) is 5.82 Å². The van der Waals surface area contributed by atoms with E-state index in [1.54, 1.807) is 18.9 Å². The standard InChI is InChI=1S/C18H22N4O4/c1-13-19-16(26-20-13)11-22-15(10-14-6-4-3-5-7-14)18(24)21(8-9-25-2)12-17(22)23/h3-7,15H,8-12H2,1-2H3/t15-/m1/s1. The van der Waals surface area contributed by atoms with Crippen LogP contribution in [0.15, 0.2) is 34.9 Å². The van der Waals surface area contributed by atoms with E-state index in [9.17, 15) is 9.59 Å². The van der Waals surface area contributed by atoms with Gasteiger partial charge in [-0.15, -0.1) is 0 Å². The summed E-state index contributed by atoms with van der Waals surface area (Å²) in [5.74, 6) is 0.586. The van der Waals surface area contributed by atoms with Gasteiger partial charge in [0.25, 0.3) is 0 Å². The first kappa shape index (κ1) is 18.1. The zero-order chi connectivity index (χ0) is 18.5. The number of nitrogens with zero attached hydrogens (tertiary/aromatic N) is 4. The van der Waals surface area contributed by atoms with Gasteiger partial charge in [0.2, 0.25) is 17.7 Å². The second kappa shape index (κ2) is 8.09. The van der Waals surface area contributed by atoms with Gasteiger partial charge in [-0.3, -0.25) is 9.59 Å². The summed E-state index contributed by atoms with van der Waals surface area (Å²) < 4.78 is 10.2. The van der Waals surface area contributed by atoms with E-state index in [4.69, 9.17) is 9.26 Å². The van der Waals surface area contributed by atoms with Crippen LogP contribution in [0.3, 0.4) is 0 Å². The molecular weight excluding hydrogens is 336 g/mol. The quantitative estimate of drug-likeness (QED) is 0.728. The number of amides is 2. The molecule has 1 atom stereocenters. The number of benzene rings is 1. The topological polar surface area (TPSA) is 88.8 Å². The van der Waals surface area contributed by atoms with E-state index in [0.717, 1.165) is 5.56 Å². The van der Waals surface area contributed by atoms with Gasteiger partial charge >= 0.3 is 0 Å². The molecule has 0 spiro atoms. The van der Waals surface area contributed by atoms with Crippen molar-refractivity contribution in [2.24, 2.45) is 0 Å². The number of aryl methyl sites for hydroxylation is 1. The molecule has 1 aliphatic rings. The molecule has 2 aromatic rings. The highest BCUT2D eigenvalue weighted by molar-refractivity contribution is 5.95. The third-order valence-corrected chi connectivity index (χ3v) is 4.33. The van der Waals surface area contributed by atoms with E-state index in [1.165, 1.54) is 4.90 Å². The zero-order valence-electron chi connectivity index (χ0n) is 14.9. The lowest BCUT2D eigenvalue weighted by Gasteiger charge is -2.39. The lowest BCUT2D eigenvalue weighted by Crippen LogP contribution is -2.60. The first-order valence-corrected chi connectivity index (χ1v) is 8.49. The van der Waals surface area contributed by atoms with Crippen molar-refractivity contribution in [1.82, 2.24) is 19.9 Å². The molecule has 26 heavy (non-hydrogen) atoms. The SMILES string of the molecule is COCCN1CC(=O)N(Cc2nc(C)no2)[C@H](Cc2ccccc2)C1=O. The summed E-state index contributed by atoms with van der Waals surface area (Å²) in [7, 11) is 1.57.